The van der Waals surface area contributed by atoms with E-state index in [1.54, 1.807) is 19.2 Å². The van der Waals surface area contributed by atoms with Crippen molar-refractivity contribution in [2.45, 2.75) is 6.92 Å². The van der Waals surface area contributed by atoms with E-state index in [4.69, 9.17) is 10.5 Å². The average Bonchev–Trinajstić information content (AvgIpc) is 2.46. The molecule has 0 heterocycles. The zero-order chi connectivity index (χ0) is 14.7. The monoisotopic (exact) mass is 271 g/mol. The first kappa shape index (κ1) is 13.9. The zero-order valence-corrected chi connectivity index (χ0v) is 11.8. The molecule has 4 nitrogen and oxygen atoms in total. The second-order valence-corrected chi connectivity index (χ2v) is 4.50. The summed E-state index contributed by atoms with van der Waals surface area (Å²) in [5, 5.41) is 0. The van der Waals surface area contributed by atoms with Crippen molar-refractivity contribution in [1.29, 1.82) is 0 Å². The van der Waals surface area contributed by atoms with Gasteiger partial charge in [0.15, 0.2) is 0 Å². The van der Waals surface area contributed by atoms with Crippen LogP contribution in [0.25, 0.3) is 11.1 Å². The number of nitrogens with two attached hydrogens (primary N) is 1. The average molecular weight is 271 g/mol. The van der Waals surface area contributed by atoms with Crippen LogP contribution in [-0.2, 0) is 4.74 Å². The maximum atomic E-state index is 11.5. The summed E-state index contributed by atoms with van der Waals surface area (Å²) in [7, 11) is 2.96. The lowest BCUT2D eigenvalue weighted by molar-refractivity contribution is 0.0602. The molecule has 0 atom stereocenters. The molecule has 0 spiro atoms. The topological polar surface area (TPSA) is 61.5 Å². The Balaban J connectivity index is 2.52. The summed E-state index contributed by atoms with van der Waals surface area (Å²) in [5.74, 6) is 0.325. The lowest BCUT2D eigenvalue weighted by atomic mass is 10.00. The molecule has 2 aromatic rings. The molecule has 104 valence electrons. The number of ether oxygens (including phenoxy) is 2. The highest BCUT2D eigenvalue weighted by atomic mass is 16.5. The van der Waals surface area contributed by atoms with Crippen molar-refractivity contribution in [3.05, 3.63) is 47.5 Å². The summed E-state index contributed by atoms with van der Waals surface area (Å²) in [6.07, 6.45) is 0. The summed E-state index contributed by atoms with van der Waals surface area (Å²) >= 11 is 0. The van der Waals surface area contributed by atoms with E-state index in [9.17, 15) is 4.79 Å². The van der Waals surface area contributed by atoms with Crippen molar-refractivity contribution in [1.82, 2.24) is 0 Å². The molecule has 0 amide bonds. The van der Waals surface area contributed by atoms with E-state index in [-0.39, 0.29) is 0 Å². The van der Waals surface area contributed by atoms with Gasteiger partial charge in [0.05, 0.1) is 19.8 Å². The van der Waals surface area contributed by atoms with Crippen molar-refractivity contribution >= 4 is 11.7 Å². The summed E-state index contributed by atoms with van der Waals surface area (Å²) in [6, 6.07) is 11.2. The predicted octanol–water partition coefficient (Wildman–Crippen LogP) is 3.04. The molecule has 0 radical (unpaired) electrons. The molecule has 20 heavy (non-hydrogen) atoms. The Hall–Kier alpha value is -2.49. The van der Waals surface area contributed by atoms with Gasteiger partial charge in [0, 0.05) is 11.3 Å². The van der Waals surface area contributed by atoms with E-state index in [1.165, 1.54) is 7.11 Å². The van der Waals surface area contributed by atoms with Crippen molar-refractivity contribution in [3.63, 3.8) is 0 Å². The van der Waals surface area contributed by atoms with Gasteiger partial charge in [-0.15, -0.1) is 0 Å². The van der Waals surface area contributed by atoms with Crippen molar-refractivity contribution in [3.8, 4) is 16.9 Å². The third-order valence-corrected chi connectivity index (χ3v) is 3.12. The first-order valence-electron chi connectivity index (χ1n) is 6.19. The number of hydrogen-bond donors (Lipinski definition) is 1. The number of carbonyl (C=O) groups is 1. The number of carbonyl (C=O) groups excluding carboxylic acids is 1. The van der Waals surface area contributed by atoms with Crippen LogP contribution < -0.4 is 10.5 Å². The standard InChI is InChI=1S/C16H17NO3/c1-10-4-7-15(19-2)13(8-10)11-5-6-12(14(17)9-11)16(18)20-3/h4-9H,17H2,1-3H3. The number of methoxy groups -OCH3 is 2. The van der Waals surface area contributed by atoms with Gasteiger partial charge in [-0.05, 0) is 36.8 Å². The molecule has 2 rings (SSSR count). The van der Waals surface area contributed by atoms with Gasteiger partial charge in [-0.25, -0.2) is 4.79 Å². The minimum Gasteiger partial charge on any atom is -0.496 e. The summed E-state index contributed by atoms with van der Waals surface area (Å²) in [6.45, 7) is 2.01. The van der Waals surface area contributed by atoms with Gasteiger partial charge in [0.1, 0.15) is 5.75 Å². The molecule has 0 fully saturated rings. The van der Waals surface area contributed by atoms with Crippen molar-refractivity contribution < 1.29 is 14.3 Å². The first-order valence-corrected chi connectivity index (χ1v) is 6.19. The highest BCUT2D eigenvalue weighted by molar-refractivity contribution is 5.96. The maximum absolute atomic E-state index is 11.5. The summed E-state index contributed by atoms with van der Waals surface area (Å²) in [5.41, 5.74) is 9.63. The summed E-state index contributed by atoms with van der Waals surface area (Å²) < 4.78 is 10.0. The van der Waals surface area contributed by atoms with Gasteiger partial charge >= 0.3 is 5.97 Å². The highest BCUT2D eigenvalue weighted by Crippen LogP contribution is 2.32. The fourth-order valence-electron chi connectivity index (χ4n) is 2.07. The van der Waals surface area contributed by atoms with E-state index in [1.807, 2.05) is 31.2 Å². The van der Waals surface area contributed by atoms with Crippen molar-refractivity contribution in [2.24, 2.45) is 0 Å². The maximum Gasteiger partial charge on any atom is 0.339 e. The van der Waals surface area contributed by atoms with E-state index in [0.29, 0.717) is 11.3 Å². The molecular weight excluding hydrogens is 254 g/mol. The van der Waals surface area contributed by atoms with Gasteiger partial charge in [-0.1, -0.05) is 17.7 Å². The molecule has 0 aliphatic heterocycles. The van der Waals surface area contributed by atoms with Gasteiger partial charge in [-0.2, -0.15) is 0 Å². The Labute approximate surface area is 118 Å². The molecule has 0 bridgehead atoms. The second kappa shape index (κ2) is 5.65. The zero-order valence-electron chi connectivity index (χ0n) is 11.8. The predicted molar refractivity (Wildman–Crippen MR) is 78.9 cm³/mol. The molecule has 0 aromatic heterocycles. The van der Waals surface area contributed by atoms with E-state index in [0.717, 1.165) is 22.4 Å². The number of nitrogen functional groups attached to an aromatic ring is 1. The molecule has 4 heteroatoms. The molecule has 0 saturated carbocycles. The van der Waals surface area contributed by atoms with E-state index in [2.05, 4.69) is 4.74 Å². The van der Waals surface area contributed by atoms with Crippen LogP contribution in [-0.4, -0.2) is 20.2 Å². The van der Waals surface area contributed by atoms with Gasteiger partial charge in [0.2, 0.25) is 0 Å². The third kappa shape index (κ3) is 2.59. The van der Waals surface area contributed by atoms with E-state index >= 15 is 0 Å². The minimum absolute atomic E-state index is 0.364. The van der Waals surface area contributed by atoms with Crippen LogP contribution in [0.15, 0.2) is 36.4 Å². The van der Waals surface area contributed by atoms with E-state index < -0.39 is 5.97 Å². The van der Waals surface area contributed by atoms with Crippen LogP contribution in [0.2, 0.25) is 0 Å². The number of rotatable bonds is 3. The SMILES string of the molecule is COC(=O)c1ccc(-c2cc(C)ccc2OC)cc1N. The quantitative estimate of drug-likeness (QED) is 0.688. The lowest BCUT2D eigenvalue weighted by Crippen LogP contribution is -2.05. The van der Waals surface area contributed by atoms with Crippen molar-refractivity contribution in [2.75, 3.05) is 20.0 Å². The normalized spacial score (nSPS) is 10.2. The fourth-order valence-corrected chi connectivity index (χ4v) is 2.07. The lowest BCUT2D eigenvalue weighted by Gasteiger charge is -2.11. The molecule has 0 aliphatic carbocycles. The second-order valence-electron chi connectivity index (χ2n) is 4.50. The molecule has 0 saturated heterocycles. The van der Waals surface area contributed by atoms with Gasteiger partial charge in [-0.3, -0.25) is 0 Å². The molecule has 2 N–H and O–H groups in total. The number of esters is 1. The van der Waals surface area contributed by atoms with Gasteiger partial charge < -0.3 is 15.2 Å². The van der Waals surface area contributed by atoms with Crippen LogP contribution in [0.3, 0.4) is 0 Å². The molecular formula is C16H17NO3. The van der Waals surface area contributed by atoms with Crippen LogP contribution in [0.5, 0.6) is 5.75 Å². The van der Waals surface area contributed by atoms with Crippen LogP contribution in [0.1, 0.15) is 15.9 Å². The number of benzene rings is 2. The summed E-state index contributed by atoms with van der Waals surface area (Å²) in [4.78, 5) is 11.5. The molecule has 0 aliphatic rings. The Morgan fingerprint density at radius 3 is 2.45 bits per heavy atom. The first-order chi connectivity index (χ1) is 9.56. The minimum atomic E-state index is -0.440. The van der Waals surface area contributed by atoms with Crippen LogP contribution >= 0.6 is 0 Å². The number of hydrogen-bond acceptors (Lipinski definition) is 4. The number of aryl methyl sites for hydroxylation is 1. The highest BCUT2D eigenvalue weighted by Gasteiger charge is 2.12. The van der Waals surface area contributed by atoms with Crippen LogP contribution in [0, 0.1) is 6.92 Å². The molecule has 0 unspecified atom stereocenters. The molecule has 2 aromatic carbocycles. The van der Waals surface area contributed by atoms with Crippen LogP contribution in [0.4, 0.5) is 5.69 Å². The Kier molecular flexibility index (Phi) is 3.94. The fraction of sp³-hybridized carbons (Fsp3) is 0.188. The Bertz CT molecular complexity index is 650. The largest absolute Gasteiger partial charge is 0.496 e. The Morgan fingerprint density at radius 1 is 1.10 bits per heavy atom. The third-order valence-electron chi connectivity index (χ3n) is 3.12. The number of anilines is 1. The van der Waals surface area contributed by atoms with Gasteiger partial charge in [0.25, 0.3) is 0 Å². The smallest absolute Gasteiger partial charge is 0.339 e. The Morgan fingerprint density at radius 2 is 1.85 bits per heavy atom.